The van der Waals surface area contributed by atoms with Gasteiger partial charge in [-0.3, -0.25) is 0 Å². The van der Waals surface area contributed by atoms with Gasteiger partial charge in [-0.25, -0.2) is 0 Å². The Balaban J connectivity index is 0.00000374. The molecule has 0 N–H and O–H groups in total. The molecule has 0 spiro atoms. The molecule has 1 aliphatic heterocycles. The van der Waals surface area contributed by atoms with Crippen LogP contribution in [0.2, 0.25) is 0 Å². The maximum atomic E-state index is 6.87. The molecule has 3 nitrogen and oxygen atoms in total. The molecule has 0 amide bonds. The normalized spacial score (nSPS) is 13.8. The van der Waals surface area contributed by atoms with Crippen LogP contribution in [0.25, 0.3) is 43.4 Å². The van der Waals surface area contributed by atoms with Crippen molar-refractivity contribution in [1.29, 1.82) is 0 Å². The van der Waals surface area contributed by atoms with Crippen LogP contribution in [0, 0.1) is 12.1 Å². The van der Waals surface area contributed by atoms with Crippen molar-refractivity contribution >= 4 is 43.4 Å². The Hall–Kier alpha value is -4.85. The average molecular weight is 842 g/mol. The van der Waals surface area contributed by atoms with Crippen LogP contribution < -0.4 is 4.74 Å². The molecule has 1 aliphatic rings. The molecule has 0 saturated heterocycles. The second kappa shape index (κ2) is 11.9. The fraction of sp³-hybridized carbons (Fsp3) is 0.191. The second-order valence-electron chi connectivity index (χ2n) is 15.7. The van der Waals surface area contributed by atoms with Crippen molar-refractivity contribution < 1.29 is 25.8 Å². The molecule has 4 heteroatoms. The summed E-state index contributed by atoms with van der Waals surface area (Å²) in [6.07, 6.45) is 3.75. The van der Waals surface area contributed by atoms with Crippen molar-refractivity contribution in [1.82, 2.24) is 9.97 Å². The molecule has 8 aromatic rings. The SMILES string of the molecule is CC(C)(C)c1ccc2c(c1)C(c1[c-]c3c(cc1)ccc1cccnc13)(c1[c-]c3c(cc1)ccc1cccnc13)c1cc(C(C)(C)C)ccc1O2.[Pt+2]. The van der Waals surface area contributed by atoms with Crippen LogP contribution in [-0.4, -0.2) is 9.97 Å². The van der Waals surface area contributed by atoms with E-state index in [0.29, 0.717) is 0 Å². The number of rotatable bonds is 2. The Bertz CT molecular complexity index is 2480. The number of ether oxygens (including phenoxy) is 1. The van der Waals surface area contributed by atoms with Gasteiger partial charge in [-0.05, 0) is 68.0 Å². The van der Waals surface area contributed by atoms with E-state index in [1.54, 1.807) is 0 Å². The zero-order chi connectivity index (χ0) is 34.4. The van der Waals surface area contributed by atoms with Crippen LogP contribution in [0.4, 0.5) is 0 Å². The first-order valence-corrected chi connectivity index (χ1v) is 17.4. The third-order valence-electron chi connectivity index (χ3n) is 10.5. The van der Waals surface area contributed by atoms with E-state index < -0.39 is 5.41 Å². The Morgan fingerprint density at radius 3 is 1.35 bits per heavy atom. The molecule has 252 valence electrons. The Morgan fingerprint density at radius 1 is 0.510 bits per heavy atom. The van der Waals surface area contributed by atoms with Gasteiger partial charge in [0.05, 0.1) is 0 Å². The topological polar surface area (TPSA) is 35.0 Å². The van der Waals surface area contributed by atoms with Gasteiger partial charge >= 0.3 is 21.1 Å². The Labute approximate surface area is 314 Å². The maximum Gasteiger partial charge on any atom is 2.00 e. The van der Waals surface area contributed by atoms with E-state index >= 15 is 0 Å². The summed E-state index contributed by atoms with van der Waals surface area (Å²) < 4.78 is 6.87. The van der Waals surface area contributed by atoms with Crippen LogP contribution in [0.1, 0.15) is 74.9 Å². The number of benzene rings is 6. The summed E-state index contributed by atoms with van der Waals surface area (Å²) in [7, 11) is 0. The molecule has 9 rings (SSSR count). The number of nitrogens with zero attached hydrogens (tertiary/aromatic N) is 2. The molecule has 2 aromatic heterocycles. The van der Waals surface area contributed by atoms with E-state index in [1.807, 2.05) is 24.5 Å². The van der Waals surface area contributed by atoms with Crippen LogP contribution in [0.3, 0.4) is 0 Å². The van der Waals surface area contributed by atoms with Gasteiger partial charge in [0.1, 0.15) is 11.5 Å². The van der Waals surface area contributed by atoms with Gasteiger partial charge in [0, 0.05) is 28.9 Å². The summed E-state index contributed by atoms with van der Waals surface area (Å²) in [5.41, 5.74) is 7.56. The van der Waals surface area contributed by atoms with Crippen molar-refractivity contribution in [3.05, 3.63) is 167 Å². The molecular weight excluding hydrogens is 804 g/mol. The molecule has 0 fully saturated rings. The standard InChI is InChI=1S/C47H38N2O.Pt/c1-45(2,3)33-19-21-41-39(27-33)47(40-28-34(46(4,5)6)20-22-42(40)50-41,35-17-15-29-11-13-31-9-7-23-48-43(31)37(29)25-35)36-18-16-30-12-14-32-10-8-24-49-44(32)38(30)26-36;/h7-24,27-28H,1-6H3;/q-2;+2. The van der Waals surface area contributed by atoms with Gasteiger partial charge in [-0.15, -0.1) is 69.1 Å². The first-order chi connectivity index (χ1) is 24.0. The maximum absolute atomic E-state index is 6.87. The number of hydrogen-bond acceptors (Lipinski definition) is 3. The van der Waals surface area contributed by atoms with E-state index in [2.05, 4.69) is 151 Å². The van der Waals surface area contributed by atoms with Gasteiger partial charge < -0.3 is 14.7 Å². The predicted octanol–water partition coefficient (Wildman–Crippen LogP) is 11.8. The van der Waals surface area contributed by atoms with Crippen molar-refractivity contribution in [2.45, 2.75) is 57.8 Å². The first-order valence-electron chi connectivity index (χ1n) is 17.4. The van der Waals surface area contributed by atoms with E-state index in [1.165, 1.54) is 11.1 Å². The van der Waals surface area contributed by atoms with Gasteiger partial charge in [0.15, 0.2) is 0 Å². The average Bonchev–Trinajstić information content (AvgIpc) is 3.12. The summed E-state index contributed by atoms with van der Waals surface area (Å²) >= 11 is 0. The monoisotopic (exact) mass is 841 g/mol. The van der Waals surface area contributed by atoms with Gasteiger partial charge in [-0.2, -0.15) is 0 Å². The fourth-order valence-corrected chi connectivity index (χ4v) is 7.74. The van der Waals surface area contributed by atoms with Crippen molar-refractivity contribution in [2.75, 3.05) is 0 Å². The quantitative estimate of drug-likeness (QED) is 0.128. The third kappa shape index (κ3) is 5.20. The molecule has 3 heterocycles. The van der Waals surface area contributed by atoms with E-state index in [0.717, 1.165) is 77.1 Å². The van der Waals surface area contributed by atoms with Gasteiger partial charge in [0.25, 0.3) is 0 Å². The second-order valence-corrected chi connectivity index (χ2v) is 15.7. The molecule has 0 bridgehead atoms. The molecule has 51 heavy (non-hydrogen) atoms. The Morgan fingerprint density at radius 2 is 0.922 bits per heavy atom. The van der Waals surface area contributed by atoms with Crippen molar-refractivity contribution in [3.63, 3.8) is 0 Å². The zero-order valence-corrected chi connectivity index (χ0v) is 31.9. The molecule has 0 radical (unpaired) electrons. The van der Waals surface area contributed by atoms with Crippen LogP contribution in [0.5, 0.6) is 11.5 Å². The summed E-state index contributed by atoms with van der Waals surface area (Å²) in [5, 5.41) is 6.40. The van der Waals surface area contributed by atoms with Crippen LogP contribution in [-0.2, 0) is 37.3 Å². The predicted molar refractivity (Wildman–Crippen MR) is 206 cm³/mol. The van der Waals surface area contributed by atoms with Crippen molar-refractivity contribution in [2.24, 2.45) is 0 Å². The molecular formula is C47H38N2OPt. The van der Waals surface area contributed by atoms with E-state index in [4.69, 9.17) is 14.7 Å². The number of hydrogen-bond donors (Lipinski definition) is 0. The largest absolute Gasteiger partial charge is 2.00 e. The summed E-state index contributed by atoms with van der Waals surface area (Å²) in [4.78, 5) is 9.75. The minimum atomic E-state index is -0.832. The fourth-order valence-electron chi connectivity index (χ4n) is 7.74. The zero-order valence-electron chi connectivity index (χ0n) is 29.7. The smallest absolute Gasteiger partial charge is 0.457 e. The molecule has 0 unspecified atom stereocenters. The van der Waals surface area contributed by atoms with Crippen LogP contribution >= 0.6 is 0 Å². The van der Waals surface area contributed by atoms with Crippen LogP contribution in [0.15, 0.2) is 122 Å². The minimum absolute atomic E-state index is 0. The molecule has 0 saturated carbocycles. The number of aromatic nitrogens is 2. The minimum Gasteiger partial charge on any atom is -0.457 e. The van der Waals surface area contributed by atoms with E-state index in [9.17, 15) is 0 Å². The Kier molecular flexibility index (Phi) is 7.74. The first kappa shape index (κ1) is 33.3. The van der Waals surface area contributed by atoms with Gasteiger partial charge in [-0.1, -0.05) is 102 Å². The summed E-state index contributed by atoms with van der Waals surface area (Å²) in [6.45, 7) is 13.6. The molecule has 0 aliphatic carbocycles. The third-order valence-corrected chi connectivity index (χ3v) is 10.5. The number of fused-ring (bicyclic) bond motifs is 8. The number of pyridine rings is 2. The summed E-state index contributed by atoms with van der Waals surface area (Å²) in [6, 6.07) is 47.3. The molecule has 6 aromatic carbocycles. The summed E-state index contributed by atoms with van der Waals surface area (Å²) in [5.74, 6) is 1.67. The van der Waals surface area contributed by atoms with Gasteiger partial charge in [0.2, 0.25) is 0 Å². The van der Waals surface area contributed by atoms with Crippen molar-refractivity contribution in [3.8, 4) is 11.5 Å². The van der Waals surface area contributed by atoms with E-state index in [-0.39, 0.29) is 31.9 Å². The molecule has 0 atom stereocenters.